The number of aryl methyl sites for hydroxylation is 2. The van der Waals surface area contributed by atoms with E-state index in [0.29, 0.717) is 5.69 Å². The molecule has 0 aliphatic carbocycles. The second-order valence-corrected chi connectivity index (χ2v) is 6.90. The SMILES string of the molecule is Cc1ccc(/C=C2/C(=O)NC(=S)N(c3ccccc3C)C2=O)s1. The average molecular weight is 342 g/mol. The number of thiophene rings is 1. The molecule has 0 bridgehead atoms. The Morgan fingerprint density at radius 1 is 1.13 bits per heavy atom. The number of hydrogen-bond donors (Lipinski definition) is 1. The standard InChI is InChI=1S/C17H14N2O2S2/c1-10-5-3-4-6-14(10)19-16(21)13(15(20)18-17(19)22)9-12-8-7-11(2)23-12/h3-9H,1-2H3,(H,18,20,22)/b13-9-. The first-order chi connectivity index (χ1) is 11.0. The quantitative estimate of drug-likeness (QED) is 0.518. The van der Waals surface area contributed by atoms with Gasteiger partial charge in [0.05, 0.1) is 5.69 Å². The minimum atomic E-state index is -0.462. The summed E-state index contributed by atoms with van der Waals surface area (Å²) in [5.41, 5.74) is 1.67. The third-order valence-corrected chi connectivity index (χ3v) is 4.74. The molecule has 116 valence electrons. The molecule has 1 aliphatic heterocycles. The lowest BCUT2D eigenvalue weighted by molar-refractivity contribution is -0.122. The van der Waals surface area contributed by atoms with Gasteiger partial charge in [0.2, 0.25) is 0 Å². The van der Waals surface area contributed by atoms with Crippen LogP contribution in [0.4, 0.5) is 5.69 Å². The van der Waals surface area contributed by atoms with Crippen LogP contribution in [0.2, 0.25) is 0 Å². The molecule has 1 aliphatic rings. The van der Waals surface area contributed by atoms with Crippen LogP contribution in [0, 0.1) is 13.8 Å². The summed E-state index contributed by atoms with van der Waals surface area (Å²) >= 11 is 6.72. The number of nitrogens with zero attached hydrogens (tertiary/aromatic N) is 1. The number of amides is 2. The van der Waals surface area contributed by atoms with Crippen LogP contribution in [0.15, 0.2) is 42.0 Å². The van der Waals surface area contributed by atoms with Gasteiger partial charge in [0.1, 0.15) is 5.57 Å². The van der Waals surface area contributed by atoms with Crippen molar-refractivity contribution in [3.8, 4) is 0 Å². The number of para-hydroxylation sites is 1. The Bertz CT molecular complexity index is 852. The Hall–Kier alpha value is -2.31. The number of rotatable bonds is 2. The molecule has 4 nitrogen and oxygen atoms in total. The summed E-state index contributed by atoms with van der Waals surface area (Å²) in [5.74, 6) is -0.866. The third kappa shape index (κ3) is 2.95. The molecule has 1 aromatic heterocycles. The van der Waals surface area contributed by atoms with Gasteiger partial charge < -0.3 is 0 Å². The molecule has 0 spiro atoms. The van der Waals surface area contributed by atoms with E-state index in [1.807, 2.05) is 50.2 Å². The molecule has 0 radical (unpaired) electrons. The van der Waals surface area contributed by atoms with Crippen LogP contribution in [-0.2, 0) is 9.59 Å². The summed E-state index contributed by atoms with van der Waals surface area (Å²) in [5, 5.41) is 2.70. The number of hydrogen-bond acceptors (Lipinski definition) is 4. The predicted octanol–water partition coefficient (Wildman–Crippen LogP) is 3.20. The number of nitrogens with one attached hydrogen (secondary N) is 1. The largest absolute Gasteiger partial charge is 0.298 e. The van der Waals surface area contributed by atoms with Gasteiger partial charge in [-0.1, -0.05) is 18.2 Å². The minimum absolute atomic E-state index is 0.0868. The number of thiocarbonyl (C=S) groups is 1. The van der Waals surface area contributed by atoms with Gasteiger partial charge in [0, 0.05) is 9.75 Å². The molecule has 6 heteroatoms. The normalized spacial score (nSPS) is 16.9. The van der Waals surface area contributed by atoms with E-state index in [1.165, 1.54) is 16.2 Å². The molecule has 1 aromatic carbocycles. The zero-order chi connectivity index (χ0) is 16.6. The highest BCUT2D eigenvalue weighted by molar-refractivity contribution is 7.80. The van der Waals surface area contributed by atoms with Crippen molar-refractivity contribution in [2.24, 2.45) is 0 Å². The zero-order valence-electron chi connectivity index (χ0n) is 12.6. The minimum Gasteiger partial charge on any atom is -0.298 e. The zero-order valence-corrected chi connectivity index (χ0v) is 14.3. The summed E-state index contributed by atoms with van der Waals surface area (Å²) in [6.07, 6.45) is 1.61. The van der Waals surface area contributed by atoms with Crippen LogP contribution < -0.4 is 10.2 Å². The number of carbonyl (C=O) groups is 2. The predicted molar refractivity (Wildman–Crippen MR) is 96.4 cm³/mol. The summed E-state index contributed by atoms with van der Waals surface area (Å²) in [6, 6.07) is 11.3. The monoisotopic (exact) mass is 342 g/mol. The van der Waals surface area contributed by atoms with Gasteiger partial charge in [-0.05, 0) is 55.9 Å². The summed E-state index contributed by atoms with van der Waals surface area (Å²) < 4.78 is 0. The maximum Gasteiger partial charge on any atom is 0.270 e. The van der Waals surface area contributed by atoms with Gasteiger partial charge >= 0.3 is 0 Å². The highest BCUT2D eigenvalue weighted by Gasteiger charge is 2.35. The number of benzene rings is 1. The Labute approximate surface area is 143 Å². The van der Waals surface area contributed by atoms with Crippen molar-refractivity contribution in [2.45, 2.75) is 13.8 Å². The van der Waals surface area contributed by atoms with Crippen LogP contribution in [0.25, 0.3) is 6.08 Å². The fraction of sp³-hybridized carbons (Fsp3) is 0.118. The van der Waals surface area contributed by atoms with Crippen molar-refractivity contribution in [1.29, 1.82) is 0 Å². The molecule has 1 fully saturated rings. The highest BCUT2D eigenvalue weighted by Crippen LogP contribution is 2.26. The lowest BCUT2D eigenvalue weighted by atomic mass is 10.1. The topological polar surface area (TPSA) is 49.4 Å². The van der Waals surface area contributed by atoms with Crippen molar-refractivity contribution < 1.29 is 9.59 Å². The summed E-state index contributed by atoms with van der Waals surface area (Å²) in [4.78, 5) is 28.4. The van der Waals surface area contributed by atoms with Crippen LogP contribution in [0.5, 0.6) is 0 Å². The second-order valence-electron chi connectivity index (χ2n) is 5.19. The highest BCUT2D eigenvalue weighted by atomic mass is 32.1. The van der Waals surface area contributed by atoms with Crippen LogP contribution in [0.1, 0.15) is 15.3 Å². The van der Waals surface area contributed by atoms with Crippen molar-refractivity contribution in [2.75, 3.05) is 4.90 Å². The molecule has 3 rings (SSSR count). The molecule has 2 heterocycles. The molecule has 0 atom stereocenters. The molecule has 1 N–H and O–H groups in total. The van der Waals surface area contributed by atoms with Crippen molar-refractivity contribution in [1.82, 2.24) is 5.32 Å². The van der Waals surface area contributed by atoms with E-state index in [0.717, 1.165) is 15.3 Å². The van der Waals surface area contributed by atoms with Crippen molar-refractivity contribution in [3.63, 3.8) is 0 Å². The van der Waals surface area contributed by atoms with Crippen molar-refractivity contribution in [3.05, 3.63) is 57.3 Å². The number of anilines is 1. The molecule has 2 amide bonds. The first-order valence-corrected chi connectivity index (χ1v) is 8.23. The van der Waals surface area contributed by atoms with Crippen LogP contribution >= 0.6 is 23.6 Å². The van der Waals surface area contributed by atoms with E-state index in [1.54, 1.807) is 6.08 Å². The molecular formula is C17H14N2O2S2. The van der Waals surface area contributed by atoms with Gasteiger partial charge in [-0.2, -0.15) is 0 Å². The molecule has 23 heavy (non-hydrogen) atoms. The summed E-state index contributed by atoms with van der Waals surface area (Å²) in [6.45, 7) is 3.87. The molecule has 2 aromatic rings. The second kappa shape index (κ2) is 6.06. The average Bonchev–Trinajstić information content (AvgIpc) is 2.91. The fourth-order valence-corrected chi connectivity index (χ4v) is 3.46. The van der Waals surface area contributed by atoms with E-state index in [-0.39, 0.29) is 10.7 Å². The lowest BCUT2D eigenvalue weighted by Crippen LogP contribution is -2.54. The Morgan fingerprint density at radius 3 is 2.52 bits per heavy atom. The maximum absolute atomic E-state index is 12.8. The summed E-state index contributed by atoms with van der Waals surface area (Å²) in [7, 11) is 0. The molecule has 1 saturated heterocycles. The Morgan fingerprint density at radius 2 is 1.87 bits per heavy atom. The van der Waals surface area contributed by atoms with E-state index in [9.17, 15) is 9.59 Å². The van der Waals surface area contributed by atoms with Gasteiger partial charge in [-0.15, -0.1) is 11.3 Å². The Balaban J connectivity index is 2.04. The molecule has 0 saturated carbocycles. The van der Waals surface area contributed by atoms with Gasteiger partial charge in [0.15, 0.2) is 5.11 Å². The molecule has 0 unspecified atom stereocenters. The Kier molecular flexibility index (Phi) is 4.11. The van der Waals surface area contributed by atoms with Crippen LogP contribution in [0.3, 0.4) is 0 Å². The van der Waals surface area contributed by atoms with Gasteiger partial charge in [-0.25, -0.2) is 0 Å². The van der Waals surface area contributed by atoms with Gasteiger partial charge in [0.25, 0.3) is 11.8 Å². The lowest BCUT2D eigenvalue weighted by Gasteiger charge is -2.29. The van der Waals surface area contributed by atoms with E-state index in [4.69, 9.17) is 12.2 Å². The first-order valence-electron chi connectivity index (χ1n) is 7.01. The number of carbonyl (C=O) groups excluding carboxylic acids is 2. The van der Waals surface area contributed by atoms with Gasteiger partial charge in [-0.3, -0.25) is 19.8 Å². The first kappa shape index (κ1) is 15.6. The maximum atomic E-state index is 12.8. The van der Waals surface area contributed by atoms with E-state index in [2.05, 4.69) is 5.32 Å². The van der Waals surface area contributed by atoms with Crippen molar-refractivity contribution >= 4 is 52.2 Å². The smallest absolute Gasteiger partial charge is 0.270 e. The van der Waals surface area contributed by atoms with Crippen LogP contribution in [-0.4, -0.2) is 16.9 Å². The molecular weight excluding hydrogens is 328 g/mol. The van der Waals surface area contributed by atoms with E-state index < -0.39 is 11.8 Å². The third-order valence-electron chi connectivity index (χ3n) is 3.51. The fourth-order valence-electron chi connectivity index (χ4n) is 2.36. The van der Waals surface area contributed by atoms with E-state index >= 15 is 0 Å².